The number of benzene rings is 1. The van der Waals surface area contributed by atoms with Crippen LogP contribution in [0.5, 0.6) is 0 Å². The van der Waals surface area contributed by atoms with Gasteiger partial charge in [0.25, 0.3) is 0 Å². The van der Waals surface area contributed by atoms with Crippen LogP contribution in [0.15, 0.2) is 30.5 Å². The number of Topliss-reactive ketones (excluding diaryl/α,β-unsaturated/α-hetero) is 1. The third-order valence-corrected chi connectivity index (χ3v) is 2.73. The lowest BCUT2D eigenvalue weighted by atomic mass is 10.0. The van der Waals surface area contributed by atoms with Gasteiger partial charge in [-0.15, -0.1) is 0 Å². The van der Waals surface area contributed by atoms with E-state index in [1.807, 2.05) is 30.5 Å². The number of methoxy groups -OCH3 is 1. The molecule has 0 bridgehead atoms. The fourth-order valence-corrected chi connectivity index (χ4v) is 1.94. The van der Waals surface area contributed by atoms with Crippen molar-refractivity contribution in [2.45, 2.75) is 19.4 Å². The molecular formula is C13H15NO2. The first-order valence-corrected chi connectivity index (χ1v) is 5.30. The van der Waals surface area contributed by atoms with Gasteiger partial charge in [0.15, 0.2) is 0 Å². The highest BCUT2D eigenvalue weighted by Crippen LogP contribution is 2.28. The molecule has 0 spiro atoms. The van der Waals surface area contributed by atoms with Crippen LogP contribution in [-0.4, -0.2) is 17.9 Å². The number of aromatic nitrogens is 1. The van der Waals surface area contributed by atoms with Crippen molar-refractivity contribution in [1.29, 1.82) is 0 Å². The molecule has 0 radical (unpaired) electrons. The lowest BCUT2D eigenvalue weighted by molar-refractivity contribution is -0.119. The van der Waals surface area contributed by atoms with Crippen molar-refractivity contribution in [3.63, 3.8) is 0 Å². The number of carbonyl (C=O) groups is 1. The highest BCUT2D eigenvalue weighted by Gasteiger charge is 2.16. The topological polar surface area (TPSA) is 42.1 Å². The number of hydrogen-bond donors (Lipinski definition) is 1. The minimum atomic E-state index is -0.159. The Labute approximate surface area is 94.4 Å². The number of para-hydroxylation sites is 1. The van der Waals surface area contributed by atoms with Gasteiger partial charge in [-0.05, 0) is 13.0 Å². The molecule has 1 aromatic heterocycles. The molecule has 0 saturated heterocycles. The Hall–Kier alpha value is -1.61. The van der Waals surface area contributed by atoms with Crippen LogP contribution in [0, 0.1) is 0 Å². The van der Waals surface area contributed by atoms with Crippen LogP contribution in [-0.2, 0) is 9.53 Å². The molecule has 0 aliphatic rings. The van der Waals surface area contributed by atoms with Gasteiger partial charge in [-0.25, -0.2) is 0 Å². The second-order valence-corrected chi connectivity index (χ2v) is 3.92. The molecule has 2 rings (SSSR count). The summed E-state index contributed by atoms with van der Waals surface area (Å²) < 4.78 is 5.37. The van der Waals surface area contributed by atoms with Gasteiger partial charge in [-0.2, -0.15) is 0 Å². The third kappa shape index (κ3) is 1.99. The minimum absolute atomic E-state index is 0.136. The summed E-state index contributed by atoms with van der Waals surface area (Å²) in [7, 11) is 1.63. The van der Waals surface area contributed by atoms with Gasteiger partial charge in [0.1, 0.15) is 5.78 Å². The SMILES string of the molecule is COC(CC(C)=O)c1c[nH]c2ccccc12. The maximum atomic E-state index is 11.2. The average molecular weight is 217 g/mol. The summed E-state index contributed by atoms with van der Waals surface area (Å²) in [4.78, 5) is 14.3. The zero-order chi connectivity index (χ0) is 11.5. The summed E-state index contributed by atoms with van der Waals surface area (Å²) in [6, 6.07) is 8.02. The second-order valence-electron chi connectivity index (χ2n) is 3.92. The van der Waals surface area contributed by atoms with E-state index in [-0.39, 0.29) is 11.9 Å². The van der Waals surface area contributed by atoms with E-state index >= 15 is 0 Å². The van der Waals surface area contributed by atoms with E-state index in [1.54, 1.807) is 14.0 Å². The number of H-pyrrole nitrogens is 1. The van der Waals surface area contributed by atoms with Crippen molar-refractivity contribution >= 4 is 16.7 Å². The molecule has 16 heavy (non-hydrogen) atoms. The zero-order valence-electron chi connectivity index (χ0n) is 9.49. The zero-order valence-corrected chi connectivity index (χ0v) is 9.49. The van der Waals surface area contributed by atoms with Gasteiger partial charge in [-0.3, -0.25) is 4.79 Å². The fourth-order valence-electron chi connectivity index (χ4n) is 1.94. The molecule has 3 heteroatoms. The summed E-state index contributed by atoms with van der Waals surface area (Å²) in [5.41, 5.74) is 2.12. The molecule has 2 aromatic rings. The number of nitrogens with one attached hydrogen (secondary N) is 1. The first kappa shape index (κ1) is 10.9. The monoisotopic (exact) mass is 217 g/mol. The molecule has 0 saturated carbocycles. The lowest BCUT2D eigenvalue weighted by Crippen LogP contribution is -2.05. The van der Waals surface area contributed by atoms with Crippen molar-refractivity contribution in [3.8, 4) is 0 Å². The van der Waals surface area contributed by atoms with Crippen LogP contribution in [0.3, 0.4) is 0 Å². The Morgan fingerprint density at radius 1 is 1.44 bits per heavy atom. The molecule has 1 unspecified atom stereocenters. The van der Waals surface area contributed by atoms with Gasteiger partial charge in [0.05, 0.1) is 6.10 Å². The number of ketones is 1. The molecular weight excluding hydrogens is 202 g/mol. The minimum Gasteiger partial charge on any atom is -0.376 e. The van der Waals surface area contributed by atoms with Crippen LogP contribution in [0.25, 0.3) is 10.9 Å². The van der Waals surface area contributed by atoms with E-state index in [4.69, 9.17) is 4.74 Å². The summed E-state index contributed by atoms with van der Waals surface area (Å²) in [6.45, 7) is 1.58. The molecule has 0 amide bonds. The standard InChI is InChI=1S/C13H15NO2/c1-9(15)7-13(16-2)11-8-14-12-6-4-3-5-10(11)12/h3-6,8,13-14H,7H2,1-2H3. The molecule has 0 aliphatic heterocycles. The lowest BCUT2D eigenvalue weighted by Gasteiger charge is -2.12. The van der Waals surface area contributed by atoms with Crippen LogP contribution in [0.1, 0.15) is 25.0 Å². The molecule has 1 atom stereocenters. The Bertz CT molecular complexity index is 501. The predicted molar refractivity (Wildman–Crippen MR) is 63.3 cm³/mol. The first-order chi connectivity index (χ1) is 7.72. The molecule has 84 valence electrons. The largest absolute Gasteiger partial charge is 0.376 e. The maximum Gasteiger partial charge on any atom is 0.132 e. The molecule has 1 N–H and O–H groups in total. The Morgan fingerprint density at radius 2 is 2.19 bits per heavy atom. The number of aromatic amines is 1. The van der Waals surface area contributed by atoms with Gasteiger partial charge < -0.3 is 9.72 Å². The Morgan fingerprint density at radius 3 is 2.88 bits per heavy atom. The fraction of sp³-hybridized carbons (Fsp3) is 0.308. The third-order valence-electron chi connectivity index (χ3n) is 2.73. The normalized spacial score (nSPS) is 12.9. The van der Waals surface area contributed by atoms with Crippen molar-refractivity contribution in [2.75, 3.05) is 7.11 Å². The molecule has 1 heterocycles. The number of ether oxygens (including phenoxy) is 1. The van der Waals surface area contributed by atoms with Gasteiger partial charge in [-0.1, -0.05) is 18.2 Å². The van der Waals surface area contributed by atoms with Crippen molar-refractivity contribution in [1.82, 2.24) is 4.98 Å². The summed E-state index contributed by atoms with van der Waals surface area (Å²) in [6.07, 6.45) is 2.17. The van der Waals surface area contributed by atoms with E-state index < -0.39 is 0 Å². The van der Waals surface area contributed by atoms with Crippen molar-refractivity contribution in [2.24, 2.45) is 0 Å². The van der Waals surface area contributed by atoms with Crippen LogP contribution >= 0.6 is 0 Å². The van der Waals surface area contributed by atoms with E-state index in [0.717, 1.165) is 16.5 Å². The van der Waals surface area contributed by atoms with Crippen molar-refractivity contribution in [3.05, 3.63) is 36.0 Å². The van der Waals surface area contributed by atoms with E-state index in [2.05, 4.69) is 4.98 Å². The Kier molecular flexibility index (Phi) is 3.06. The smallest absolute Gasteiger partial charge is 0.132 e. The van der Waals surface area contributed by atoms with Crippen LogP contribution < -0.4 is 0 Å². The summed E-state index contributed by atoms with van der Waals surface area (Å²) in [5, 5.41) is 1.12. The van der Waals surface area contributed by atoms with Gasteiger partial charge in [0.2, 0.25) is 0 Å². The number of carbonyl (C=O) groups excluding carboxylic acids is 1. The first-order valence-electron chi connectivity index (χ1n) is 5.30. The van der Waals surface area contributed by atoms with Crippen molar-refractivity contribution < 1.29 is 9.53 Å². The highest BCUT2D eigenvalue weighted by atomic mass is 16.5. The predicted octanol–water partition coefficient (Wildman–Crippen LogP) is 2.83. The van der Waals surface area contributed by atoms with Gasteiger partial charge >= 0.3 is 0 Å². The van der Waals surface area contributed by atoms with Crippen LogP contribution in [0.4, 0.5) is 0 Å². The quantitative estimate of drug-likeness (QED) is 0.855. The molecule has 3 nitrogen and oxygen atoms in total. The van der Waals surface area contributed by atoms with E-state index in [9.17, 15) is 4.79 Å². The number of fused-ring (bicyclic) bond motifs is 1. The summed E-state index contributed by atoms with van der Waals surface area (Å²) in [5.74, 6) is 0.136. The van der Waals surface area contributed by atoms with E-state index in [1.165, 1.54) is 0 Å². The molecule has 1 aromatic carbocycles. The average Bonchev–Trinajstić information content (AvgIpc) is 2.69. The molecule has 0 fully saturated rings. The number of rotatable bonds is 4. The molecule has 0 aliphatic carbocycles. The Balaban J connectivity index is 2.41. The second kappa shape index (κ2) is 4.49. The van der Waals surface area contributed by atoms with E-state index in [0.29, 0.717) is 6.42 Å². The highest BCUT2D eigenvalue weighted by molar-refractivity contribution is 5.84. The van der Waals surface area contributed by atoms with Crippen LogP contribution in [0.2, 0.25) is 0 Å². The summed E-state index contributed by atoms with van der Waals surface area (Å²) >= 11 is 0. The maximum absolute atomic E-state index is 11.2. The number of hydrogen-bond acceptors (Lipinski definition) is 2. The van der Waals surface area contributed by atoms with Gasteiger partial charge in [0, 0.05) is 36.2 Å².